The van der Waals surface area contributed by atoms with Crippen molar-refractivity contribution in [3.05, 3.63) is 71.9 Å². The maximum Gasteiger partial charge on any atom is 0.230 e. The van der Waals surface area contributed by atoms with Crippen molar-refractivity contribution < 1.29 is 4.79 Å². The number of hydrogen-bond acceptors (Lipinski definition) is 5. The molecule has 2 aromatic heterocycles. The third-order valence-electron chi connectivity index (χ3n) is 5.09. The van der Waals surface area contributed by atoms with E-state index >= 15 is 0 Å². The Bertz CT molecular complexity index is 1200. The highest BCUT2D eigenvalue weighted by atomic mass is 32.2. The molecule has 4 rings (SSSR count). The highest BCUT2D eigenvalue weighted by molar-refractivity contribution is 7.99. The van der Waals surface area contributed by atoms with Crippen LogP contribution < -0.4 is 5.32 Å². The Hall–Kier alpha value is -3.39. The number of benzene rings is 2. The number of nitrogens with zero attached hydrogens (tertiary/aromatic N) is 5. The molecule has 2 heterocycles. The smallest absolute Gasteiger partial charge is 0.230 e. The number of aromatic nitrogens is 5. The van der Waals surface area contributed by atoms with Crippen LogP contribution in [0, 0.1) is 6.92 Å². The first-order valence-electron chi connectivity index (χ1n) is 10.5. The van der Waals surface area contributed by atoms with Crippen LogP contribution in [0.25, 0.3) is 22.6 Å². The zero-order valence-electron chi connectivity index (χ0n) is 18.4. The number of thioether (sulfide) groups is 1. The summed E-state index contributed by atoms with van der Waals surface area (Å²) in [5.41, 5.74) is 5.10. The highest BCUT2D eigenvalue weighted by Gasteiger charge is 2.20. The van der Waals surface area contributed by atoms with Crippen LogP contribution in [-0.4, -0.2) is 36.2 Å². The predicted octanol–water partition coefficient (Wildman–Crippen LogP) is 4.08. The quantitative estimate of drug-likeness (QED) is 0.413. The van der Waals surface area contributed by atoms with Gasteiger partial charge in [0.2, 0.25) is 5.91 Å². The lowest BCUT2D eigenvalue weighted by molar-refractivity contribution is -0.118. The van der Waals surface area contributed by atoms with Crippen LogP contribution >= 0.6 is 11.8 Å². The zero-order valence-corrected chi connectivity index (χ0v) is 19.3. The molecule has 2 aromatic carbocycles. The Balaban J connectivity index is 1.50. The van der Waals surface area contributed by atoms with E-state index in [1.165, 1.54) is 17.3 Å². The van der Waals surface area contributed by atoms with Crippen LogP contribution in [0.2, 0.25) is 0 Å². The molecule has 32 heavy (non-hydrogen) atoms. The van der Waals surface area contributed by atoms with Gasteiger partial charge in [-0.2, -0.15) is 5.10 Å². The number of amides is 1. The van der Waals surface area contributed by atoms with Crippen molar-refractivity contribution in [2.24, 2.45) is 7.05 Å². The average molecular weight is 447 g/mol. The lowest BCUT2D eigenvalue weighted by Gasteiger charge is -2.08. The number of hydrogen-bond donors (Lipinski definition) is 1. The van der Waals surface area contributed by atoms with E-state index in [-0.39, 0.29) is 11.7 Å². The van der Waals surface area contributed by atoms with Crippen LogP contribution in [0.5, 0.6) is 0 Å². The second kappa shape index (κ2) is 9.82. The van der Waals surface area contributed by atoms with E-state index in [2.05, 4.69) is 51.8 Å². The first kappa shape index (κ1) is 21.8. The number of carbonyl (C=O) groups excluding carboxylic acids is 1. The average Bonchev–Trinajstić information content (AvgIpc) is 3.40. The second-order valence-electron chi connectivity index (χ2n) is 7.53. The molecule has 0 saturated heterocycles. The van der Waals surface area contributed by atoms with Gasteiger partial charge >= 0.3 is 0 Å². The molecule has 8 heteroatoms. The van der Waals surface area contributed by atoms with Gasteiger partial charge in [-0.3, -0.25) is 9.48 Å². The fourth-order valence-electron chi connectivity index (χ4n) is 3.43. The minimum absolute atomic E-state index is 0.0345. The van der Waals surface area contributed by atoms with Gasteiger partial charge < -0.3 is 9.88 Å². The van der Waals surface area contributed by atoms with Crippen LogP contribution in [0.1, 0.15) is 18.1 Å². The van der Waals surface area contributed by atoms with Crippen molar-refractivity contribution in [1.29, 1.82) is 0 Å². The van der Waals surface area contributed by atoms with Gasteiger partial charge in [0.1, 0.15) is 5.69 Å². The van der Waals surface area contributed by atoms with E-state index in [4.69, 9.17) is 0 Å². The molecule has 0 spiro atoms. The Morgan fingerprint density at radius 3 is 2.53 bits per heavy atom. The Kier molecular flexibility index (Phi) is 6.70. The van der Waals surface area contributed by atoms with E-state index in [9.17, 15) is 4.79 Å². The lowest BCUT2D eigenvalue weighted by atomic mass is 10.1. The van der Waals surface area contributed by atoms with Crippen LogP contribution in [0.3, 0.4) is 0 Å². The summed E-state index contributed by atoms with van der Waals surface area (Å²) in [6.07, 6.45) is 1.96. The second-order valence-corrected chi connectivity index (χ2v) is 8.48. The zero-order chi connectivity index (χ0) is 22.5. The Morgan fingerprint density at radius 1 is 1.06 bits per heavy atom. The maximum absolute atomic E-state index is 12.3. The van der Waals surface area contributed by atoms with Crippen molar-refractivity contribution in [3.8, 4) is 22.6 Å². The molecule has 0 aliphatic heterocycles. The van der Waals surface area contributed by atoms with E-state index < -0.39 is 0 Å². The molecule has 4 aromatic rings. The maximum atomic E-state index is 12.3. The molecule has 1 N–H and O–H groups in total. The summed E-state index contributed by atoms with van der Waals surface area (Å²) in [5.74, 6) is 0.999. The molecule has 0 saturated carbocycles. The molecule has 0 unspecified atom stereocenters. The van der Waals surface area contributed by atoms with E-state index in [1.54, 1.807) is 4.68 Å². The molecule has 0 aliphatic rings. The van der Waals surface area contributed by atoms with Gasteiger partial charge in [0.15, 0.2) is 11.0 Å². The highest BCUT2D eigenvalue weighted by Crippen LogP contribution is 2.32. The van der Waals surface area contributed by atoms with Crippen molar-refractivity contribution in [3.63, 3.8) is 0 Å². The molecular weight excluding hydrogens is 420 g/mol. The molecule has 0 radical (unpaired) electrons. The van der Waals surface area contributed by atoms with Gasteiger partial charge in [0.05, 0.1) is 11.3 Å². The summed E-state index contributed by atoms with van der Waals surface area (Å²) >= 11 is 1.39. The first-order chi connectivity index (χ1) is 15.5. The first-order valence-corrected chi connectivity index (χ1v) is 11.5. The minimum atomic E-state index is -0.0345. The normalized spacial score (nSPS) is 11.0. The summed E-state index contributed by atoms with van der Waals surface area (Å²) in [7, 11) is 1.90. The number of nitrogens with one attached hydrogen (secondary N) is 1. The molecule has 0 aliphatic carbocycles. The monoisotopic (exact) mass is 446 g/mol. The minimum Gasteiger partial charge on any atom is -0.351 e. The van der Waals surface area contributed by atoms with Crippen LogP contribution in [0.4, 0.5) is 0 Å². The van der Waals surface area contributed by atoms with Crippen molar-refractivity contribution in [2.75, 3.05) is 5.75 Å². The topological polar surface area (TPSA) is 77.6 Å². The third-order valence-corrected chi connectivity index (χ3v) is 6.06. The van der Waals surface area contributed by atoms with Gasteiger partial charge in [-0.15, -0.1) is 10.2 Å². The van der Waals surface area contributed by atoms with Gasteiger partial charge in [0, 0.05) is 31.9 Å². The predicted molar refractivity (Wildman–Crippen MR) is 127 cm³/mol. The summed E-state index contributed by atoms with van der Waals surface area (Å²) < 4.78 is 3.83. The molecular formula is C24H26N6OS. The molecule has 0 atom stereocenters. The van der Waals surface area contributed by atoms with E-state index in [0.717, 1.165) is 33.4 Å². The van der Waals surface area contributed by atoms with Crippen LogP contribution in [-0.2, 0) is 24.9 Å². The van der Waals surface area contributed by atoms with Crippen molar-refractivity contribution in [2.45, 2.75) is 32.1 Å². The molecule has 0 fully saturated rings. The summed E-state index contributed by atoms with van der Waals surface area (Å²) in [6.45, 7) is 5.32. The molecule has 0 bridgehead atoms. The van der Waals surface area contributed by atoms with Gasteiger partial charge in [-0.25, -0.2) is 0 Å². The van der Waals surface area contributed by atoms with Crippen molar-refractivity contribution >= 4 is 17.7 Å². The summed E-state index contributed by atoms with van der Waals surface area (Å²) in [6, 6.07) is 18.2. The standard InChI is InChI=1S/C24H26N6OS/c1-4-30-23(20-15-29(3)28-22(20)19-12-10-17(2)11-13-19)26-27-24(30)32-16-21(31)25-14-18-8-6-5-7-9-18/h5-13,15H,4,14,16H2,1-3H3,(H,25,31). The van der Waals surface area contributed by atoms with E-state index in [1.807, 2.05) is 55.1 Å². The number of carbonyl (C=O) groups is 1. The summed E-state index contributed by atoms with van der Waals surface area (Å²) in [5, 5.41) is 17.2. The van der Waals surface area contributed by atoms with E-state index in [0.29, 0.717) is 13.1 Å². The third kappa shape index (κ3) is 4.91. The van der Waals surface area contributed by atoms with Crippen molar-refractivity contribution in [1.82, 2.24) is 29.9 Å². The van der Waals surface area contributed by atoms with Crippen LogP contribution in [0.15, 0.2) is 66.0 Å². The van der Waals surface area contributed by atoms with Gasteiger partial charge in [-0.05, 0) is 19.4 Å². The Morgan fingerprint density at radius 2 is 1.81 bits per heavy atom. The molecule has 1 amide bonds. The Labute approximate surface area is 191 Å². The van der Waals surface area contributed by atoms with Gasteiger partial charge in [-0.1, -0.05) is 71.9 Å². The molecule has 164 valence electrons. The lowest BCUT2D eigenvalue weighted by Crippen LogP contribution is -2.24. The fourth-order valence-corrected chi connectivity index (χ4v) is 4.27. The summed E-state index contributed by atoms with van der Waals surface area (Å²) in [4.78, 5) is 12.3. The molecule has 7 nitrogen and oxygen atoms in total. The fraction of sp³-hybridized carbons (Fsp3) is 0.250. The van der Waals surface area contributed by atoms with Gasteiger partial charge in [0.25, 0.3) is 0 Å². The number of rotatable bonds is 8. The largest absolute Gasteiger partial charge is 0.351 e. The number of aryl methyl sites for hydroxylation is 2. The SMILES string of the molecule is CCn1c(SCC(=O)NCc2ccccc2)nnc1-c1cn(C)nc1-c1ccc(C)cc1.